The number of morpholine rings is 1. The maximum Gasteiger partial charge on any atom is 0.262 e. The summed E-state index contributed by atoms with van der Waals surface area (Å²) in [6.07, 6.45) is 7.58. The Labute approximate surface area is 216 Å². The van der Waals surface area contributed by atoms with Crippen LogP contribution >= 0.6 is 11.3 Å². The molecule has 6 nitrogen and oxygen atoms in total. The van der Waals surface area contributed by atoms with Crippen molar-refractivity contribution >= 4 is 21.6 Å². The number of rotatable bonds is 4. The third-order valence-corrected chi connectivity index (χ3v) is 10.9. The first-order valence-electron chi connectivity index (χ1n) is 13.5. The van der Waals surface area contributed by atoms with Crippen LogP contribution in [0.25, 0.3) is 10.2 Å². The van der Waals surface area contributed by atoms with E-state index in [9.17, 15) is 4.79 Å². The van der Waals surface area contributed by atoms with Crippen LogP contribution in [0.15, 0.2) is 29.3 Å². The first-order chi connectivity index (χ1) is 17.6. The maximum absolute atomic E-state index is 13.8. The van der Waals surface area contributed by atoms with Crippen LogP contribution in [0.2, 0.25) is 0 Å². The molecule has 4 atom stereocenters. The Balaban J connectivity index is 1.21. The van der Waals surface area contributed by atoms with E-state index in [-0.39, 0.29) is 11.0 Å². The molecule has 3 aliphatic carbocycles. The van der Waals surface area contributed by atoms with Crippen LogP contribution in [-0.2, 0) is 29.5 Å². The third-order valence-electron chi connectivity index (χ3n) is 9.81. The molecule has 3 aromatic rings. The number of fused-ring (bicyclic) bond motifs is 9. The number of aryl methyl sites for hydroxylation is 1. The van der Waals surface area contributed by atoms with Gasteiger partial charge >= 0.3 is 0 Å². The summed E-state index contributed by atoms with van der Waals surface area (Å²) in [5, 5.41) is 0.920. The quantitative estimate of drug-likeness (QED) is 0.527. The van der Waals surface area contributed by atoms with E-state index in [0.717, 1.165) is 68.1 Å². The van der Waals surface area contributed by atoms with Gasteiger partial charge in [0, 0.05) is 31.1 Å². The van der Waals surface area contributed by atoms with Gasteiger partial charge in [0.1, 0.15) is 10.6 Å². The molecule has 7 rings (SSSR count). The molecule has 190 valence electrons. The zero-order valence-electron chi connectivity index (χ0n) is 21.3. The molecule has 1 aliphatic heterocycles. The fourth-order valence-electron chi connectivity index (χ4n) is 7.95. The smallest absolute Gasteiger partial charge is 0.262 e. The number of hydrogen-bond donors (Lipinski definition) is 0. The lowest BCUT2D eigenvalue weighted by atomic mass is 9.55. The Hall–Kier alpha value is -2.22. The third kappa shape index (κ3) is 3.42. The van der Waals surface area contributed by atoms with Crippen molar-refractivity contribution in [2.45, 2.75) is 56.9 Å². The summed E-state index contributed by atoms with van der Waals surface area (Å²) in [6, 6.07) is 6.72. The topological polar surface area (TPSA) is 56.6 Å². The van der Waals surface area contributed by atoms with Gasteiger partial charge in [-0.25, -0.2) is 4.98 Å². The van der Waals surface area contributed by atoms with Gasteiger partial charge in [-0.2, -0.15) is 0 Å². The second-order valence-corrected chi connectivity index (χ2v) is 12.5. The Bertz CT molecular complexity index is 1370. The van der Waals surface area contributed by atoms with Crippen molar-refractivity contribution in [2.75, 3.05) is 40.0 Å². The van der Waals surface area contributed by atoms with E-state index in [1.54, 1.807) is 30.3 Å². The Kier molecular flexibility index (Phi) is 5.53. The summed E-state index contributed by atoms with van der Waals surface area (Å²) in [7, 11) is 1.76. The lowest BCUT2D eigenvalue weighted by molar-refractivity contribution is 0.0362. The van der Waals surface area contributed by atoms with Gasteiger partial charge in [-0.1, -0.05) is 13.0 Å². The molecule has 4 aliphatic rings. The van der Waals surface area contributed by atoms with Crippen LogP contribution in [0.1, 0.15) is 53.7 Å². The second-order valence-electron chi connectivity index (χ2n) is 11.4. The number of aromatic nitrogens is 2. The Morgan fingerprint density at radius 3 is 2.92 bits per heavy atom. The van der Waals surface area contributed by atoms with Gasteiger partial charge in [-0.15, -0.1) is 11.3 Å². The Morgan fingerprint density at radius 1 is 1.22 bits per heavy atom. The standard InChI is InChI=1S/C29H35N3O3S/c1-29-8-7-21-20-6-4-19(34-2)15-18(20)3-5-22(21)23(29)16-24-26(29)25-27(36-24)30-17-32(28(25)33)10-9-31-11-13-35-14-12-31/h4,6,15,17,21-23H,3,5,7-14,16H2,1-2H3/t21-,22+,23+,29+/m0/s1. The monoisotopic (exact) mass is 505 g/mol. The molecule has 0 amide bonds. The number of nitrogens with zero attached hydrogens (tertiary/aromatic N) is 3. The largest absolute Gasteiger partial charge is 0.497 e. The molecule has 0 radical (unpaired) electrons. The van der Waals surface area contributed by atoms with Gasteiger partial charge in [0.25, 0.3) is 5.56 Å². The highest BCUT2D eigenvalue weighted by atomic mass is 32.1. The SMILES string of the molecule is COc1ccc2c(c1)CC[C@H]1[C@H]3Cc4sc5ncn(CCN6CCOCC6)c(=O)c5c4[C@]3(C)CC[C@@H]21. The number of ether oxygens (including phenoxy) is 2. The summed E-state index contributed by atoms with van der Waals surface area (Å²) in [4.78, 5) is 23.4. The van der Waals surface area contributed by atoms with Crippen molar-refractivity contribution in [3.8, 4) is 5.75 Å². The molecule has 1 saturated heterocycles. The van der Waals surface area contributed by atoms with Crippen LogP contribution in [0.3, 0.4) is 0 Å². The van der Waals surface area contributed by atoms with Crippen LogP contribution in [-0.4, -0.2) is 54.4 Å². The first-order valence-corrected chi connectivity index (χ1v) is 14.4. The number of hydrogen-bond acceptors (Lipinski definition) is 6. The Morgan fingerprint density at radius 2 is 2.08 bits per heavy atom. The molecule has 0 N–H and O–H groups in total. The van der Waals surface area contributed by atoms with Crippen LogP contribution in [0.5, 0.6) is 5.75 Å². The minimum Gasteiger partial charge on any atom is -0.497 e. The molecule has 2 fully saturated rings. The molecule has 0 bridgehead atoms. The van der Waals surface area contributed by atoms with Crippen molar-refractivity contribution in [3.63, 3.8) is 0 Å². The summed E-state index contributed by atoms with van der Waals surface area (Å²) in [6.45, 7) is 7.47. The van der Waals surface area contributed by atoms with E-state index >= 15 is 0 Å². The van der Waals surface area contributed by atoms with Gasteiger partial charge < -0.3 is 9.47 Å². The predicted octanol–water partition coefficient (Wildman–Crippen LogP) is 4.37. The van der Waals surface area contributed by atoms with E-state index in [0.29, 0.717) is 24.3 Å². The average molecular weight is 506 g/mol. The lowest BCUT2D eigenvalue weighted by Crippen LogP contribution is -2.43. The molecule has 7 heteroatoms. The van der Waals surface area contributed by atoms with Crippen molar-refractivity contribution in [1.29, 1.82) is 0 Å². The van der Waals surface area contributed by atoms with Crippen molar-refractivity contribution in [1.82, 2.24) is 14.5 Å². The molecule has 2 aromatic heterocycles. The maximum atomic E-state index is 13.8. The zero-order chi connectivity index (χ0) is 24.4. The predicted molar refractivity (Wildman–Crippen MR) is 142 cm³/mol. The van der Waals surface area contributed by atoms with Crippen LogP contribution < -0.4 is 10.3 Å². The van der Waals surface area contributed by atoms with Gasteiger partial charge in [-0.3, -0.25) is 14.3 Å². The van der Waals surface area contributed by atoms with E-state index in [1.165, 1.54) is 28.8 Å². The van der Waals surface area contributed by atoms with E-state index in [2.05, 4.69) is 30.0 Å². The number of thiophene rings is 1. The molecule has 1 aromatic carbocycles. The summed E-state index contributed by atoms with van der Waals surface area (Å²) in [5.41, 5.74) is 4.61. The van der Waals surface area contributed by atoms with E-state index in [1.807, 2.05) is 4.57 Å². The normalized spacial score (nSPS) is 29.4. The zero-order valence-corrected chi connectivity index (χ0v) is 22.1. The number of benzene rings is 1. The van der Waals surface area contributed by atoms with Crippen LogP contribution in [0, 0.1) is 11.8 Å². The van der Waals surface area contributed by atoms with Gasteiger partial charge in [-0.05, 0) is 84.1 Å². The van der Waals surface area contributed by atoms with E-state index in [4.69, 9.17) is 14.5 Å². The van der Waals surface area contributed by atoms with E-state index < -0.39 is 0 Å². The summed E-state index contributed by atoms with van der Waals surface area (Å²) in [5.74, 6) is 2.89. The van der Waals surface area contributed by atoms with Crippen molar-refractivity contribution in [2.24, 2.45) is 11.8 Å². The summed E-state index contributed by atoms with van der Waals surface area (Å²) >= 11 is 1.78. The average Bonchev–Trinajstić information content (AvgIpc) is 3.43. The molecular formula is C29H35N3O3S. The van der Waals surface area contributed by atoms with Gasteiger partial charge in [0.05, 0.1) is 32.0 Å². The van der Waals surface area contributed by atoms with Crippen molar-refractivity contribution in [3.05, 3.63) is 56.4 Å². The first kappa shape index (κ1) is 22.9. The highest BCUT2D eigenvalue weighted by molar-refractivity contribution is 7.18. The molecular weight excluding hydrogens is 470 g/mol. The highest BCUT2D eigenvalue weighted by Crippen LogP contribution is 2.62. The van der Waals surface area contributed by atoms with Crippen molar-refractivity contribution < 1.29 is 9.47 Å². The molecule has 0 unspecified atom stereocenters. The summed E-state index contributed by atoms with van der Waals surface area (Å²) < 4.78 is 12.8. The minimum atomic E-state index is 0.0724. The number of methoxy groups -OCH3 is 1. The highest BCUT2D eigenvalue weighted by Gasteiger charge is 2.54. The minimum absolute atomic E-state index is 0.0724. The fraction of sp³-hybridized carbons (Fsp3) is 0.586. The molecule has 36 heavy (non-hydrogen) atoms. The molecule has 0 spiro atoms. The van der Waals surface area contributed by atoms with Gasteiger partial charge in [0.15, 0.2) is 0 Å². The molecule has 1 saturated carbocycles. The van der Waals surface area contributed by atoms with Crippen LogP contribution in [0.4, 0.5) is 0 Å². The lowest BCUT2D eigenvalue weighted by Gasteiger charge is -2.49. The van der Waals surface area contributed by atoms with Gasteiger partial charge in [0.2, 0.25) is 0 Å². The molecule has 3 heterocycles. The fourth-order valence-corrected chi connectivity index (χ4v) is 9.27. The second kappa shape index (κ2) is 8.67.